The van der Waals surface area contributed by atoms with Crippen molar-refractivity contribution >= 4 is 51.8 Å². The van der Waals surface area contributed by atoms with E-state index < -0.39 is 12.0 Å². The summed E-state index contributed by atoms with van der Waals surface area (Å²) in [4.78, 5) is 45.0. The van der Waals surface area contributed by atoms with Crippen LogP contribution >= 0.6 is 23.2 Å². The van der Waals surface area contributed by atoms with Crippen molar-refractivity contribution in [3.8, 4) is 6.07 Å². The first-order chi connectivity index (χ1) is 15.3. The van der Waals surface area contributed by atoms with Crippen LogP contribution < -0.4 is 10.6 Å². The van der Waals surface area contributed by atoms with Crippen molar-refractivity contribution in [1.82, 2.24) is 20.6 Å². The van der Waals surface area contributed by atoms with Gasteiger partial charge in [0.15, 0.2) is 11.6 Å². The fourth-order valence-electron chi connectivity index (χ4n) is 4.12. The molecule has 2 aromatic rings. The maximum Gasteiger partial charge on any atom is 0.224 e. The van der Waals surface area contributed by atoms with Crippen molar-refractivity contribution in [1.29, 1.82) is 5.26 Å². The van der Waals surface area contributed by atoms with E-state index in [1.165, 1.54) is 0 Å². The topological polar surface area (TPSA) is 128 Å². The number of nitrogens with one attached hydrogen (secondary N) is 3. The second-order valence-corrected chi connectivity index (χ2v) is 9.42. The second kappa shape index (κ2) is 9.47. The van der Waals surface area contributed by atoms with E-state index in [-0.39, 0.29) is 42.2 Å². The number of nitrogens with zero attached hydrogens (tertiary/aromatic N) is 2. The molecular weight excluding hydrogens is 453 g/mol. The summed E-state index contributed by atoms with van der Waals surface area (Å²) in [5.74, 6) is -1.06. The molecule has 32 heavy (non-hydrogen) atoms. The van der Waals surface area contributed by atoms with Gasteiger partial charge in [-0.1, -0.05) is 36.0 Å². The SMILES string of the molecule is N#C[C@H](C[C@@H]1CCNC1=O)NC(=O)[C@@H](CC(=O)c1nc2c(Cl)cc(Cl)cc2[nH]1)CC1CC1. The monoisotopic (exact) mass is 475 g/mol. The van der Waals surface area contributed by atoms with Gasteiger partial charge in [0.05, 0.1) is 16.6 Å². The minimum absolute atomic E-state index is 0.0322. The highest BCUT2D eigenvalue weighted by atomic mass is 35.5. The Morgan fingerprint density at radius 3 is 2.69 bits per heavy atom. The van der Waals surface area contributed by atoms with Gasteiger partial charge in [0.1, 0.15) is 11.6 Å². The van der Waals surface area contributed by atoms with Gasteiger partial charge in [0, 0.05) is 29.8 Å². The van der Waals surface area contributed by atoms with Gasteiger partial charge in [-0.3, -0.25) is 14.4 Å². The van der Waals surface area contributed by atoms with Crippen LogP contribution in [0.25, 0.3) is 11.0 Å². The number of benzene rings is 1. The van der Waals surface area contributed by atoms with Gasteiger partial charge in [-0.25, -0.2) is 4.98 Å². The first-order valence-electron chi connectivity index (χ1n) is 10.7. The Morgan fingerprint density at radius 2 is 2.03 bits per heavy atom. The van der Waals surface area contributed by atoms with Gasteiger partial charge in [0.25, 0.3) is 0 Å². The molecule has 4 rings (SSSR count). The highest BCUT2D eigenvalue weighted by molar-refractivity contribution is 6.38. The molecule has 0 unspecified atom stereocenters. The zero-order chi connectivity index (χ0) is 22.8. The van der Waals surface area contributed by atoms with E-state index in [4.69, 9.17) is 23.2 Å². The third kappa shape index (κ3) is 5.22. The number of fused-ring (bicyclic) bond motifs is 1. The molecule has 1 aliphatic carbocycles. The molecule has 2 amide bonds. The van der Waals surface area contributed by atoms with Crippen LogP contribution in [-0.4, -0.2) is 40.2 Å². The Kier molecular flexibility index (Phi) is 6.68. The van der Waals surface area contributed by atoms with Crippen molar-refractivity contribution in [2.45, 2.75) is 44.6 Å². The molecule has 1 aliphatic heterocycles. The zero-order valence-corrected chi connectivity index (χ0v) is 18.8. The van der Waals surface area contributed by atoms with Crippen LogP contribution in [-0.2, 0) is 9.59 Å². The number of halogens is 2. The predicted molar refractivity (Wildman–Crippen MR) is 119 cm³/mol. The quantitative estimate of drug-likeness (QED) is 0.478. The fraction of sp³-hybridized carbons (Fsp3) is 0.500. The number of nitriles is 1. The van der Waals surface area contributed by atoms with Crippen molar-refractivity contribution in [2.24, 2.45) is 17.8 Å². The molecule has 1 saturated carbocycles. The van der Waals surface area contributed by atoms with Crippen LogP contribution in [0.4, 0.5) is 0 Å². The third-order valence-corrected chi connectivity index (χ3v) is 6.55. The molecule has 2 aliphatic rings. The first-order valence-corrected chi connectivity index (χ1v) is 11.4. The summed E-state index contributed by atoms with van der Waals surface area (Å²) in [5, 5.41) is 15.7. The lowest BCUT2D eigenvalue weighted by atomic mass is 9.93. The minimum atomic E-state index is -0.777. The van der Waals surface area contributed by atoms with Crippen molar-refractivity contribution < 1.29 is 14.4 Å². The molecule has 2 fully saturated rings. The van der Waals surface area contributed by atoms with E-state index in [1.807, 2.05) is 0 Å². The number of hydrogen-bond donors (Lipinski definition) is 3. The van der Waals surface area contributed by atoms with Crippen LogP contribution in [0.15, 0.2) is 12.1 Å². The standard InChI is InChI=1S/C22H23Cl2N5O3/c23-14-8-16(24)19-17(9-14)28-20(29-19)18(30)7-13(5-11-1-2-11)22(32)27-15(10-25)6-12-3-4-26-21(12)31/h8-9,11-13,15H,1-7H2,(H,26,31)(H,27,32)(H,28,29)/t12-,13+,15-/m0/s1. The summed E-state index contributed by atoms with van der Waals surface area (Å²) in [7, 11) is 0. The number of Topliss-reactive ketones (excluding diaryl/α,β-unsaturated/α-hetero) is 1. The lowest BCUT2D eigenvalue weighted by molar-refractivity contribution is -0.127. The smallest absolute Gasteiger partial charge is 0.224 e. The first kappa shape index (κ1) is 22.6. The average molecular weight is 476 g/mol. The van der Waals surface area contributed by atoms with E-state index in [0.29, 0.717) is 46.4 Å². The lowest BCUT2D eigenvalue weighted by Gasteiger charge is -2.19. The number of carbonyl (C=O) groups excluding carboxylic acids is 3. The Labute approximate surface area is 195 Å². The van der Waals surface area contributed by atoms with Gasteiger partial charge in [0.2, 0.25) is 11.8 Å². The number of imidazole rings is 1. The molecule has 3 atom stereocenters. The van der Waals surface area contributed by atoms with Crippen LogP contribution in [0.2, 0.25) is 10.0 Å². The van der Waals surface area contributed by atoms with Gasteiger partial charge in [-0.15, -0.1) is 0 Å². The van der Waals surface area contributed by atoms with Crippen LogP contribution in [0, 0.1) is 29.1 Å². The van der Waals surface area contributed by atoms with Crippen LogP contribution in [0.1, 0.15) is 49.1 Å². The van der Waals surface area contributed by atoms with E-state index in [0.717, 1.165) is 12.8 Å². The third-order valence-electron chi connectivity index (χ3n) is 6.04. The van der Waals surface area contributed by atoms with Gasteiger partial charge in [-0.2, -0.15) is 5.26 Å². The molecular formula is C22H23Cl2N5O3. The molecule has 0 bridgehead atoms. The molecule has 1 aromatic carbocycles. The number of rotatable bonds is 9. The van der Waals surface area contributed by atoms with Crippen molar-refractivity contribution in [3.63, 3.8) is 0 Å². The Morgan fingerprint density at radius 1 is 1.25 bits per heavy atom. The number of carbonyl (C=O) groups is 3. The molecule has 2 heterocycles. The van der Waals surface area contributed by atoms with Gasteiger partial charge < -0.3 is 15.6 Å². The molecule has 10 heteroatoms. The minimum Gasteiger partial charge on any atom is -0.356 e. The van der Waals surface area contributed by atoms with E-state index in [9.17, 15) is 19.6 Å². The summed E-state index contributed by atoms with van der Waals surface area (Å²) >= 11 is 12.2. The Hall–Kier alpha value is -2.63. The van der Waals surface area contributed by atoms with Crippen LogP contribution in [0.5, 0.6) is 0 Å². The summed E-state index contributed by atoms with van der Waals surface area (Å²) in [6.45, 7) is 0.584. The van der Waals surface area contributed by atoms with Gasteiger partial charge in [-0.05, 0) is 37.3 Å². The van der Waals surface area contributed by atoms with E-state index in [1.54, 1.807) is 12.1 Å². The highest BCUT2D eigenvalue weighted by Gasteiger charge is 2.34. The van der Waals surface area contributed by atoms with Crippen LogP contribution in [0.3, 0.4) is 0 Å². The summed E-state index contributed by atoms with van der Waals surface area (Å²) in [6.07, 6.45) is 3.51. The molecule has 1 saturated heterocycles. The summed E-state index contributed by atoms with van der Waals surface area (Å²) in [6, 6.07) is 4.49. The number of H-pyrrole nitrogens is 1. The average Bonchev–Trinajstić information content (AvgIpc) is 3.31. The molecule has 168 valence electrons. The zero-order valence-electron chi connectivity index (χ0n) is 17.3. The van der Waals surface area contributed by atoms with Gasteiger partial charge >= 0.3 is 0 Å². The Balaban J connectivity index is 1.45. The number of aromatic amines is 1. The highest BCUT2D eigenvalue weighted by Crippen LogP contribution is 2.37. The molecule has 1 aromatic heterocycles. The normalized spacial score (nSPS) is 19.9. The van der Waals surface area contributed by atoms with E-state index >= 15 is 0 Å². The van der Waals surface area contributed by atoms with Crippen molar-refractivity contribution in [3.05, 3.63) is 28.0 Å². The number of aromatic nitrogens is 2. The summed E-state index contributed by atoms with van der Waals surface area (Å²) in [5.41, 5.74) is 0.996. The predicted octanol–water partition coefficient (Wildman–Crippen LogP) is 3.39. The number of ketones is 1. The second-order valence-electron chi connectivity index (χ2n) is 8.58. The maximum absolute atomic E-state index is 13.0. The molecule has 3 N–H and O–H groups in total. The largest absolute Gasteiger partial charge is 0.356 e. The Bertz CT molecular complexity index is 1100. The fourth-order valence-corrected chi connectivity index (χ4v) is 4.66. The number of amides is 2. The summed E-state index contributed by atoms with van der Waals surface area (Å²) < 4.78 is 0. The van der Waals surface area contributed by atoms with E-state index in [2.05, 4.69) is 26.7 Å². The maximum atomic E-state index is 13.0. The molecule has 0 radical (unpaired) electrons. The molecule has 0 spiro atoms. The molecule has 8 nitrogen and oxygen atoms in total. The number of hydrogen-bond acceptors (Lipinski definition) is 5. The van der Waals surface area contributed by atoms with Crippen molar-refractivity contribution in [2.75, 3.05) is 6.54 Å². The lowest BCUT2D eigenvalue weighted by Crippen LogP contribution is -2.40.